The Balaban J connectivity index is 1.65. The van der Waals surface area contributed by atoms with Crippen LogP contribution in [-0.2, 0) is 6.18 Å². The molecule has 0 saturated carbocycles. The Labute approximate surface area is 178 Å². The number of nitrogen functional groups attached to an aromatic ring is 1. The van der Waals surface area contributed by atoms with Crippen LogP contribution in [0.5, 0.6) is 17.5 Å². The molecule has 0 bridgehead atoms. The second-order valence-corrected chi connectivity index (χ2v) is 6.56. The van der Waals surface area contributed by atoms with E-state index in [1.54, 1.807) is 0 Å². The smallest absolute Gasteiger partial charge is 0.416 e. The summed E-state index contributed by atoms with van der Waals surface area (Å²) in [6.07, 6.45) is -3.15. The van der Waals surface area contributed by atoms with Crippen LogP contribution in [-0.4, -0.2) is 26.0 Å². The zero-order valence-electron chi connectivity index (χ0n) is 16.1. The Kier molecular flexibility index (Phi) is 5.23. The summed E-state index contributed by atoms with van der Waals surface area (Å²) in [6, 6.07) is 11.3. The zero-order valence-corrected chi connectivity index (χ0v) is 16.1. The Morgan fingerprint density at radius 3 is 2.56 bits per heavy atom. The first-order chi connectivity index (χ1) is 15.2. The van der Waals surface area contributed by atoms with Gasteiger partial charge >= 0.3 is 6.18 Å². The fourth-order valence-corrected chi connectivity index (χ4v) is 2.96. The maximum absolute atomic E-state index is 12.9. The van der Waals surface area contributed by atoms with E-state index < -0.39 is 17.6 Å². The number of halogens is 3. The lowest BCUT2D eigenvalue weighted by molar-refractivity contribution is -0.137. The Hall–Kier alpha value is -4.41. The molecule has 0 saturated heterocycles. The molecule has 4 aromatic rings. The summed E-state index contributed by atoms with van der Waals surface area (Å²) in [7, 11) is 0. The minimum Gasteiger partial charge on any atom is -0.507 e. The van der Waals surface area contributed by atoms with E-state index in [1.165, 1.54) is 48.7 Å². The molecule has 4 rings (SSSR count). The topological polar surface area (TPSA) is 123 Å². The van der Waals surface area contributed by atoms with Crippen molar-refractivity contribution in [2.24, 2.45) is 0 Å². The molecule has 0 spiro atoms. The number of hydrogen-bond donors (Lipinski definition) is 3. The summed E-state index contributed by atoms with van der Waals surface area (Å²) in [4.78, 5) is 24.7. The molecule has 162 valence electrons. The van der Waals surface area contributed by atoms with Gasteiger partial charge in [-0.25, -0.2) is 9.97 Å². The van der Waals surface area contributed by atoms with Crippen molar-refractivity contribution in [3.05, 3.63) is 71.9 Å². The summed E-state index contributed by atoms with van der Waals surface area (Å²) < 4.78 is 44.3. The highest BCUT2D eigenvalue weighted by molar-refractivity contribution is 6.14. The predicted molar refractivity (Wildman–Crippen MR) is 109 cm³/mol. The fourth-order valence-electron chi connectivity index (χ4n) is 2.96. The molecular weight excluding hydrogens is 427 g/mol. The number of nitrogens with one attached hydrogen (secondary N) is 1. The number of pyridine rings is 1. The van der Waals surface area contributed by atoms with Crippen LogP contribution in [0, 0.1) is 0 Å². The van der Waals surface area contributed by atoms with Crippen LogP contribution in [0.15, 0.2) is 60.8 Å². The van der Waals surface area contributed by atoms with Crippen molar-refractivity contribution in [2.75, 3.05) is 11.1 Å². The number of carbonyl (C=O) groups is 1. The number of nitrogens with two attached hydrogens (primary N) is 1. The number of phenolic OH excluding ortho intramolecular Hbond substituents is 1. The number of phenols is 1. The van der Waals surface area contributed by atoms with Crippen molar-refractivity contribution in [3.63, 3.8) is 0 Å². The molecule has 11 heteroatoms. The first-order valence-electron chi connectivity index (χ1n) is 9.08. The molecule has 1 amide bonds. The highest BCUT2D eigenvalue weighted by Crippen LogP contribution is 2.32. The number of aromatic nitrogens is 3. The fraction of sp³-hybridized carbons (Fsp3) is 0.0476. The SMILES string of the molecule is Nc1nccc(Oc2ccc3c(C(=O)Nc4cccc(C(F)(F)F)c4)c(O)ccc3n2)n1. The Bertz CT molecular complexity index is 1330. The maximum atomic E-state index is 12.9. The van der Waals surface area contributed by atoms with Gasteiger partial charge in [-0.05, 0) is 36.4 Å². The van der Waals surface area contributed by atoms with Crippen molar-refractivity contribution in [3.8, 4) is 17.5 Å². The van der Waals surface area contributed by atoms with Crippen molar-refractivity contribution < 1.29 is 27.8 Å². The van der Waals surface area contributed by atoms with E-state index in [1.807, 2.05) is 0 Å². The summed E-state index contributed by atoms with van der Waals surface area (Å²) in [5.74, 6) is -0.842. The molecule has 4 N–H and O–H groups in total. The van der Waals surface area contributed by atoms with Gasteiger partial charge in [0.25, 0.3) is 5.91 Å². The highest BCUT2D eigenvalue weighted by atomic mass is 19.4. The normalized spacial score (nSPS) is 11.3. The summed E-state index contributed by atoms with van der Waals surface area (Å²) in [5, 5.41) is 12.9. The van der Waals surface area contributed by atoms with Gasteiger partial charge < -0.3 is 20.9 Å². The minimum absolute atomic E-state index is 0.0155. The van der Waals surface area contributed by atoms with E-state index in [9.17, 15) is 23.1 Å². The third-order valence-electron chi connectivity index (χ3n) is 4.36. The molecule has 0 radical (unpaired) electrons. The quantitative estimate of drug-likeness (QED) is 0.430. The molecule has 8 nitrogen and oxygen atoms in total. The molecule has 2 aromatic heterocycles. The molecule has 0 aliphatic carbocycles. The number of alkyl halides is 3. The van der Waals surface area contributed by atoms with Gasteiger partial charge in [-0.15, -0.1) is 0 Å². The second kappa shape index (κ2) is 8.02. The molecule has 0 unspecified atom stereocenters. The van der Waals surface area contributed by atoms with Crippen LogP contribution in [0.3, 0.4) is 0 Å². The van der Waals surface area contributed by atoms with Crippen LogP contribution < -0.4 is 15.8 Å². The predicted octanol–water partition coefficient (Wildman–Crippen LogP) is 4.38. The lowest BCUT2D eigenvalue weighted by atomic mass is 10.1. The number of ether oxygens (including phenoxy) is 1. The van der Waals surface area contributed by atoms with Gasteiger partial charge in [0.1, 0.15) is 5.75 Å². The molecule has 2 heterocycles. The van der Waals surface area contributed by atoms with Crippen LogP contribution in [0.25, 0.3) is 10.9 Å². The van der Waals surface area contributed by atoms with E-state index in [-0.39, 0.29) is 40.1 Å². The number of benzene rings is 2. The molecule has 0 aliphatic rings. The number of amides is 1. The van der Waals surface area contributed by atoms with Gasteiger partial charge in [-0.2, -0.15) is 18.2 Å². The van der Waals surface area contributed by atoms with E-state index in [0.717, 1.165) is 12.1 Å². The average Bonchev–Trinajstić information content (AvgIpc) is 2.73. The van der Waals surface area contributed by atoms with Crippen LogP contribution in [0.1, 0.15) is 15.9 Å². The third kappa shape index (κ3) is 4.36. The Morgan fingerprint density at radius 1 is 1.03 bits per heavy atom. The van der Waals surface area contributed by atoms with Crippen LogP contribution in [0.4, 0.5) is 24.8 Å². The standard InChI is InChI=1S/C21H14F3N5O3/c22-21(23,24)11-2-1-3-12(10-11)27-19(31)18-13-4-7-16(28-14(13)5-6-15(18)30)32-17-8-9-26-20(25)29-17/h1-10,30H,(H,27,31)(H2,25,26,29). The van der Waals surface area contributed by atoms with E-state index in [0.29, 0.717) is 5.52 Å². The van der Waals surface area contributed by atoms with Crippen molar-refractivity contribution in [1.82, 2.24) is 15.0 Å². The Morgan fingerprint density at radius 2 is 1.81 bits per heavy atom. The number of nitrogens with zero attached hydrogens (tertiary/aromatic N) is 3. The van der Waals surface area contributed by atoms with E-state index >= 15 is 0 Å². The number of anilines is 2. The second-order valence-electron chi connectivity index (χ2n) is 6.56. The number of rotatable bonds is 4. The van der Waals surface area contributed by atoms with Gasteiger partial charge in [-0.1, -0.05) is 6.07 Å². The lowest BCUT2D eigenvalue weighted by Crippen LogP contribution is -2.14. The number of hydrogen-bond acceptors (Lipinski definition) is 7. The van der Waals surface area contributed by atoms with E-state index in [2.05, 4.69) is 20.3 Å². The molecule has 32 heavy (non-hydrogen) atoms. The molecular formula is C21H14F3N5O3. The number of aromatic hydroxyl groups is 1. The molecule has 0 fully saturated rings. The van der Waals surface area contributed by atoms with Gasteiger partial charge in [-0.3, -0.25) is 4.79 Å². The monoisotopic (exact) mass is 441 g/mol. The third-order valence-corrected chi connectivity index (χ3v) is 4.36. The number of fused-ring (bicyclic) bond motifs is 1. The van der Waals surface area contributed by atoms with Gasteiger partial charge in [0.05, 0.1) is 16.6 Å². The average molecular weight is 441 g/mol. The lowest BCUT2D eigenvalue weighted by Gasteiger charge is -2.12. The van der Waals surface area contributed by atoms with Crippen molar-refractivity contribution in [2.45, 2.75) is 6.18 Å². The van der Waals surface area contributed by atoms with Crippen LogP contribution in [0.2, 0.25) is 0 Å². The summed E-state index contributed by atoms with van der Waals surface area (Å²) in [5.41, 5.74) is 4.68. The largest absolute Gasteiger partial charge is 0.507 e. The molecule has 2 aromatic carbocycles. The van der Waals surface area contributed by atoms with Crippen molar-refractivity contribution >= 4 is 28.4 Å². The minimum atomic E-state index is -4.56. The summed E-state index contributed by atoms with van der Waals surface area (Å²) >= 11 is 0. The maximum Gasteiger partial charge on any atom is 0.416 e. The first-order valence-corrected chi connectivity index (χ1v) is 9.08. The first kappa shape index (κ1) is 20.8. The van der Waals surface area contributed by atoms with Crippen LogP contribution >= 0.6 is 0 Å². The number of carbonyl (C=O) groups excluding carboxylic acids is 1. The summed E-state index contributed by atoms with van der Waals surface area (Å²) in [6.45, 7) is 0. The molecule has 0 aliphatic heterocycles. The molecule has 0 atom stereocenters. The van der Waals surface area contributed by atoms with E-state index in [4.69, 9.17) is 10.5 Å². The van der Waals surface area contributed by atoms with Gasteiger partial charge in [0.2, 0.25) is 17.7 Å². The van der Waals surface area contributed by atoms with Gasteiger partial charge in [0.15, 0.2) is 0 Å². The highest BCUT2D eigenvalue weighted by Gasteiger charge is 2.30. The van der Waals surface area contributed by atoms with Gasteiger partial charge in [0, 0.05) is 29.4 Å². The van der Waals surface area contributed by atoms with Crippen molar-refractivity contribution in [1.29, 1.82) is 0 Å². The zero-order chi connectivity index (χ0) is 22.9.